The molecule has 29 heavy (non-hydrogen) atoms. The molecular weight excluding hydrogens is 406 g/mol. The van der Waals surface area contributed by atoms with Crippen molar-refractivity contribution >= 4 is 46.1 Å². The van der Waals surface area contributed by atoms with Gasteiger partial charge in [-0.3, -0.25) is 9.59 Å². The molecule has 5 nitrogen and oxygen atoms in total. The van der Waals surface area contributed by atoms with Crippen molar-refractivity contribution < 1.29 is 9.59 Å². The Hall–Kier alpha value is -2.70. The SMILES string of the molecule is CC(C)(C)C(=O)Nc1cccc(NC(=O)Cc2csc(-c3ccccc3Cl)n2)c1. The lowest BCUT2D eigenvalue weighted by Gasteiger charge is -2.18. The molecule has 0 spiro atoms. The smallest absolute Gasteiger partial charge is 0.230 e. The summed E-state index contributed by atoms with van der Waals surface area (Å²) in [5.74, 6) is -0.268. The Bertz CT molecular complexity index is 1040. The molecule has 0 bridgehead atoms. The third-order valence-corrected chi connectivity index (χ3v) is 5.34. The van der Waals surface area contributed by atoms with Crippen LogP contribution in [0.2, 0.25) is 5.02 Å². The summed E-state index contributed by atoms with van der Waals surface area (Å²) in [5, 5.41) is 8.98. The molecule has 1 heterocycles. The molecule has 0 fully saturated rings. The highest BCUT2D eigenvalue weighted by Gasteiger charge is 2.21. The third kappa shape index (κ3) is 5.65. The maximum Gasteiger partial charge on any atom is 0.230 e. The second kappa shape index (κ2) is 8.76. The predicted molar refractivity (Wildman–Crippen MR) is 119 cm³/mol. The zero-order valence-electron chi connectivity index (χ0n) is 16.5. The van der Waals surface area contributed by atoms with Gasteiger partial charge in [0.15, 0.2) is 0 Å². The van der Waals surface area contributed by atoms with Crippen LogP contribution < -0.4 is 10.6 Å². The van der Waals surface area contributed by atoms with Crippen LogP contribution in [0.5, 0.6) is 0 Å². The summed E-state index contributed by atoms with van der Waals surface area (Å²) < 4.78 is 0. The van der Waals surface area contributed by atoms with Crippen LogP contribution >= 0.6 is 22.9 Å². The minimum atomic E-state index is -0.497. The van der Waals surface area contributed by atoms with Crippen molar-refractivity contribution in [3.63, 3.8) is 0 Å². The summed E-state index contributed by atoms with van der Waals surface area (Å²) in [4.78, 5) is 29.1. The molecule has 0 aliphatic rings. The summed E-state index contributed by atoms with van der Waals surface area (Å²) in [5.41, 5.74) is 2.29. The fourth-order valence-electron chi connectivity index (χ4n) is 2.51. The van der Waals surface area contributed by atoms with Crippen molar-refractivity contribution in [3.8, 4) is 10.6 Å². The molecule has 0 unspecified atom stereocenters. The molecule has 0 radical (unpaired) electrons. The average molecular weight is 428 g/mol. The Morgan fingerprint density at radius 3 is 2.41 bits per heavy atom. The van der Waals surface area contributed by atoms with Gasteiger partial charge in [0.2, 0.25) is 11.8 Å². The van der Waals surface area contributed by atoms with Gasteiger partial charge in [0.1, 0.15) is 5.01 Å². The van der Waals surface area contributed by atoms with Crippen molar-refractivity contribution in [1.29, 1.82) is 0 Å². The van der Waals surface area contributed by atoms with Crippen molar-refractivity contribution in [1.82, 2.24) is 4.98 Å². The lowest BCUT2D eigenvalue weighted by Crippen LogP contribution is -2.27. The van der Waals surface area contributed by atoms with E-state index in [1.165, 1.54) is 11.3 Å². The first-order chi connectivity index (χ1) is 13.7. The van der Waals surface area contributed by atoms with Gasteiger partial charge in [-0.05, 0) is 24.3 Å². The van der Waals surface area contributed by atoms with E-state index in [0.717, 1.165) is 10.6 Å². The highest BCUT2D eigenvalue weighted by atomic mass is 35.5. The quantitative estimate of drug-likeness (QED) is 0.554. The van der Waals surface area contributed by atoms with Gasteiger partial charge >= 0.3 is 0 Å². The van der Waals surface area contributed by atoms with Gasteiger partial charge in [-0.2, -0.15) is 0 Å². The number of carbonyl (C=O) groups is 2. The maximum absolute atomic E-state index is 12.4. The Kier molecular flexibility index (Phi) is 6.35. The van der Waals surface area contributed by atoms with E-state index in [1.54, 1.807) is 24.3 Å². The van der Waals surface area contributed by atoms with Gasteiger partial charge < -0.3 is 10.6 Å². The van der Waals surface area contributed by atoms with Gasteiger partial charge in [-0.1, -0.05) is 56.6 Å². The summed E-state index contributed by atoms with van der Waals surface area (Å²) in [7, 11) is 0. The number of benzene rings is 2. The van der Waals surface area contributed by atoms with Gasteiger partial charge in [0, 0.05) is 27.7 Å². The summed E-state index contributed by atoms with van der Waals surface area (Å²) in [6.07, 6.45) is 0.152. The maximum atomic E-state index is 12.4. The molecule has 2 N–H and O–H groups in total. The van der Waals surface area contributed by atoms with Crippen molar-refractivity contribution in [2.45, 2.75) is 27.2 Å². The highest BCUT2D eigenvalue weighted by Crippen LogP contribution is 2.30. The summed E-state index contributed by atoms with van der Waals surface area (Å²) in [6, 6.07) is 14.6. The lowest BCUT2D eigenvalue weighted by atomic mass is 9.95. The minimum absolute atomic E-state index is 0.0875. The third-order valence-electron chi connectivity index (χ3n) is 4.08. The fraction of sp³-hybridized carbons (Fsp3) is 0.227. The zero-order valence-corrected chi connectivity index (χ0v) is 18.0. The van der Waals surface area contributed by atoms with Crippen LogP contribution in [-0.4, -0.2) is 16.8 Å². The second-order valence-corrected chi connectivity index (χ2v) is 8.90. The van der Waals surface area contributed by atoms with Crippen LogP contribution in [0, 0.1) is 5.41 Å². The standard InChI is InChI=1S/C22H22ClN3O2S/c1-22(2,3)21(28)26-15-8-6-7-14(11-15)24-19(27)12-16-13-29-20(25-16)17-9-4-5-10-18(17)23/h4-11,13H,12H2,1-3H3,(H,24,27)(H,26,28). The first-order valence-electron chi connectivity index (χ1n) is 9.13. The zero-order chi connectivity index (χ0) is 21.0. The summed E-state index contributed by atoms with van der Waals surface area (Å²) in [6.45, 7) is 5.54. The van der Waals surface area contributed by atoms with Crippen LogP contribution in [0.25, 0.3) is 10.6 Å². The van der Waals surface area contributed by atoms with E-state index in [1.807, 2.05) is 50.4 Å². The number of hydrogen-bond donors (Lipinski definition) is 2. The number of carbonyl (C=O) groups excluding carboxylic acids is 2. The van der Waals surface area contributed by atoms with Crippen LogP contribution in [-0.2, 0) is 16.0 Å². The largest absolute Gasteiger partial charge is 0.326 e. The number of rotatable bonds is 5. The second-order valence-electron chi connectivity index (χ2n) is 7.63. The molecule has 2 amide bonds. The average Bonchev–Trinajstić information content (AvgIpc) is 3.09. The Morgan fingerprint density at radius 2 is 1.72 bits per heavy atom. The normalized spacial score (nSPS) is 11.2. The molecule has 0 atom stereocenters. The van der Waals surface area contributed by atoms with E-state index in [-0.39, 0.29) is 18.2 Å². The number of hydrogen-bond acceptors (Lipinski definition) is 4. The molecule has 0 saturated carbocycles. The first-order valence-corrected chi connectivity index (χ1v) is 10.4. The fourth-order valence-corrected chi connectivity index (χ4v) is 3.65. The molecule has 1 aromatic heterocycles. The van der Waals surface area contributed by atoms with Crippen LogP contribution in [0.4, 0.5) is 11.4 Å². The molecule has 3 aromatic rings. The number of halogens is 1. The monoisotopic (exact) mass is 427 g/mol. The van der Waals surface area contributed by atoms with E-state index in [2.05, 4.69) is 15.6 Å². The molecule has 0 saturated heterocycles. The number of amides is 2. The molecule has 150 valence electrons. The van der Waals surface area contributed by atoms with Crippen LogP contribution in [0.3, 0.4) is 0 Å². The Labute approximate surface area is 179 Å². The molecule has 3 rings (SSSR count). The van der Waals surface area contributed by atoms with Gasteiger partial charge in [-0.15, -0.1) is 11.3 Å². The number of nitrogens with one attached hydrogen (secondary N) is 2. The topological polar surface area (TPSA) is 71.1 Å². The van der Waals surface area contributed by atoms with E-state index in [9.17, 15) is 9.59 Å². The van der Waals surface area contributed by atoms with E-state index in [0.29, 0.717) is 22.1 Å². The first kappa shape index (κ1) is 21.0. The molecule has 2 aromatic carbocycles. The Balaban J connectivity index is 1.64. The lowest BCUT2D eigenvalue weighted by molar-refractivity contribution is -0.123. The Morgan fingerprint density at radius 1 is 1.03 bits per heavy atom. The van der Waals surface area contributed by atoms with Crippen molar-refractivity contribution in [2.75, 3.05) is 10.6 Å². The number of anilines is 2. The van der Waals surface area contributed by atoms with Crippen LogP contribution in [0.15, 0.2) is 53.9 Å². The van der Waals surface area contributed by atoms with Crippen molar-refractivity contribution in [2.24, 2.45) is 5.41 Å². The highest BCUT2D eigenvalue weighted by molar-refractivity contribution is 7.13. The van der Waals surface area contributed by atoms with Crippen LogP contribution in [0.1, 0.15) is 26.5 Å². The van der Waals surface area contributed by atoms with E-state index in [4.69, 9.17) is 11.6 Å². The molecular formula is C22H22ClN3O2S. The number of nitrogens with zero attached hydrogens (tertiary/aromatic N) is 1. The van der Waals surface area contributed by atoms with Crippen molar-refractivity contribution in [3.05, 3.63) is 64.6 Å². The number of thiazole rings is 1. The molecule has 7 heteroatoms. The predicted octanol–water partition coefficient (Wildman–Crippen LogP) is 5.63. The number of aromatic nitrogens is 1. The molecule has 0 aliphatic heterocycles. The van der Waals surface area contributed by atoms with Gasteiger partial charge in [-0.25, -0.2) is 4.98 Å². The van der Waals surface area contributed by atoms with E-state index >= 15 is 0 Å². The van der Waals surface area contributed by atoms with Gasteiger partial charge in [0.05, 0.1) is 17.1 Å². The van der Waals surface area contributed by atoms with Gasteiger partial charge in [0.25, 0.3) is 0 Å². The van der Waals surface area contributed by atoms with E-state index < -0.39 is 5.41 Å². The molecule has 0 aliphatic carbocycles. The summed E-state index contributed by atoms with van der Waals surface area (Å²) >= 11 is 7.67. The minimum Gasteiger partial charge on any atom is -0.326 e.